The second kappa shape index (κ2) is 9.17. The van der Waals surface area contributed by atoms with E-state index < -0.39 is 0 Å². The highest BCUT2D eigenvalue weighted by Crippen LogP contribution is 2.33. The van der Waals surface area contributed by atoms with Crippen LogP contribution in [0.25, 0.3) is 21.0 Å². The maximum absolute atomic E-state index is 13.3. The molecule has 33 heavy (non-hydrogen) atoms. The molecule has 2 aromatic heterocycles. The molecule has 0 aliphatic heterocycles. The molecule has 0 radical (unpaired) electrons. The monoisotopic (exact) mass is 473 g/mol. The number of fused-ring (bicyclic) bond motifs is 2. The number of benzene rings is 3. The zero-order valence-electron chi connectivity index (χ0n) is 17.9. The van der Waals surface area contributed by atoms with Gasteiger partial charge in [-0.1, -0.05) is 59.3 Å². The summed E-state index contributed by atoms with van der Waals surface area (Å²) in [5, 5.41) is 3.42. The number of thiazole rings is 1. The molecule has 0 atom stereocenters. The van der Waals surface area contributed by atoms with E-state index in [-0.39, 0.29) is 12.5 Å². The SMILES string of the molecule is Cc1cc(Cl)cc2sc(N(Cc3ccccn3)C(=O)COc3ccc4ccccc4c3)nc12. The third-order valence-electron chi connectivity index (χ3n) is 5.30. The molecule has 0 aliphatic rings. The van der Waals surface area contributed by atoms with E-state index in [0.29, 0.717) is 22.4 Å². The molecule has 0 aliphatic carbocycles. The number of hydrogen-bond donors (Lipinski definition) is 0. The van der Waals surface area contributed by atoms with Crippen molar-refractivity contribution in [1.82, 2.24) is 9.97 Å². The van der Waals surface area contributed by atoms with Crippen molar-refractivity contribution >= 4 is 55.0 Å². The van der Waals surface area contributed by atoms with Crippen LogP contribution in [0, 0.1) is 6.92 Å². The van der Waals surface area contributed by atoms with Crippen LogP contribution in [-0.2, 0) is 11.3 Å². The van der Waals surface area contributed by atoms with Gasteiger partial charge in [-0.15, -0.1) is 0 Å². The highest BCUT2D eigenvalue weighted by Gasteiger charge is 2.22. The topological polar surface area (TPSA) is 55.3 Å². The molecular weight excluding hydrogens is 454 g/mol. The Balaban J connectivity index is 1.43. The number of aromatic nitrogens is 2. The molecular formula is C26H20ClN3O2S. The third kappa shape index (κ3) is 4.67. The first-order valence-corrected chi connectivity index (χ1v) is 11.6. The van der Waals surface area contributed by atoms with Crippen LogP contribution in [0.2, 0.25) is 5.02 Å². The maximum Gasteiger partial charge on any atom is 0.267 e. The molecule has 0 spiro atoms. The van der Waals surface area contributed by atoms with Gasteiger partial charge >= 0.3 is 0 Å². The summed E-state index contributed by atoms with van der Waals surface area (Å²) in [6.45, 7) is 2.15. The Bertz CT molecular complexity index is 1450. The van der Waals surface area contributed by atoms with Crippen molar-refractivity contribution in [3.8, 4) is 5.75 Å². The standard InChI is InChI=1S/C26H20ClN3O2S/c1-17-12-20(27)14-23-25(17)29-26(33-23)30(15-21-8-4-5-11-28-21)24(31)16-32-22-10-9-18-6-2-3-7-19(18)13-22/h2-14H,15-16H2,1H3. The predicted octanol–water partition coefficient (Wildman–Crippen LogP) is 6.42. The van der Waals surface area contributed by atoms with E-state index in [2.05, 4.69) is 4.98 Å². The molecule has 0 saturated heterocycles. The number of nitrogens with zero attached hydrogens (tertiary/aromatic N) is 3. The molecule has 5 aromatic rings. The Labute approximate surface area is 200 Å². The average Bonchev–Trinajstić information content (AvgIpc) is 3.25. The summed E-state index contributed by atoms with van der Waals surface area (Å²) in [5.74, 6) is 0.448. The second-order valence-electron chi connectivity index (χ2n) is 7.66. The molecule has 0 bridgehead atoms. The van der Waals surface area contributed by atoms with Crippen LogP contribution >= 0.6 is 22.9 Å². The van der Waals surface area contributed by atoms with Crippen LogP contribution in [0.4, 0.5) is 5.13 Å². The quantitative estimate of drug-likeness (QED) is 0.285. The van der Waals surface area contributed by atoms with Gasteiger partial charge < -0.3 is 4.74 Å². The molecule has 1 amide bonds. The number of halogens is 1. The number of amides is 1. The predicted molar refractivity (Wildman–Crippen MR) is 134 cm³/mol. The van der Waals surface area contributed by atoms with E-state index in [4.69, 9.17) is 21.3 Å². The first kappa shape index (κ1) is 21.4. The lowest BCUT2D eigenvalue weighted by Gasteiger charge is -2.19. The van der Waals surface area contributed by atoms with Gasteiger partial charge in [0.1, 0.15) is 5.75 Å². The Morgan fingerprint density at radius 3 is 2.67 bits per heavy atom. The molecule has 0 saturated carbocycles. The van der Waals surface area contributed by atoms with Gasteiger partial charge in [0.05, 0.1) is 22.5 Å². The summed E-state index contributed by atoms with van der Waals surface area (Å²) in [6, 6.07) is 23.2. The van der Waals surface area contributed by atoms with E-state index >= 15 is 0 Å². The van der Waals surface area contributed by atoms with E-state index in [1.54, 1.807) is 11.1 Å². The molecule has 3 aromatic carbocycles. The van der Waals surface area contributed by atoms with E-state index in [0.717, 1.165) is 32.2 Å². The van der Waals surface area contributed by atoms with Crippen molar-refractivity contribution in [2.45, 2.75) is 13.5 Å². The molecule has 5 nitrogen and oxygen atoms in total. The van der Waals surface area contributed by atoms with Crippen molar-refractivity contribution in [2.24, 2.45) is 0 Å². The summed E-state index contributed by atoms with van der Waals surface area (Å²) in [5.41, 5.74) is 2.58. The van der Waals surface area contributed by atoms with Gasteiger partial charge in [-0.05, 0) is 59.7 Å². The fourth-order valence-corrected chi connectivity index (χ4v) is 5.09. The normalized spacial score (nSPS) is 11.1. The number of anilines is 1. The minimum Gasteiger partial charge on any atom is -0.484 e. The highest BCUT2D eigenvalue weighted by atomic mass is 35.5. The minimum absolute atomic E-state index is 0.110. The lowest BCUT2D eigenvalue weighted by molar-refractivity contribution is -0.120. The summed E-state index contributed by atoms with van der Waals surface area (Å²) in [4.78, 5) is 24.1. The smallest absolute Gasteiger partial charge is 0.267 e. The summed E-state index contributed by atoms with van der Waals surface area (Å²) < 4.78 is 6.81. The van der Waals surface area contributed by atoms with Crippen LogP contribution in [0.5, 0.6) is 5.75 Å². The molecule has 0 N–H and O–H groups in total. The molecule has 0 unspecified atom stereocenters. The van der Waals surface area contributed by atoms with Gasteiger partial charge in [0, 0.05) is 11.2 Å². The van der Waals surface area contributed by atoms with Gasteiger partial charge in [-0.25, -0.2) is 4.98 Å². The van der Waals surface area contributed by atoms with E-state index in [1.165, 1.54) is 11.3 Å². The number of aryl methyl sites for hydroxylation is 1. The number of carbonyl (C=O) groups is 1. The maximum atomic E-state index is 13.3. The van der Waals surface area contributed by atoms with Gasteiger partial charge in [0.25, 0.3) is 5.91 Å². The largest absolute Gasteiger partial charge is 0.484 e. The average molecular weight is 474 g/mol. The summed E-state index contributed by atoms with van der Waals surface area (Å²) in [7, 11) is 0. The van der Waals surface area contributed by atoms with Gasteiger partial charge in [-0.3, -0.25) is 14.7 Å². The summed E-state index contributed by atoms with van der Waals surface area (Å²) >= 11 is 7.66. The first-order chi connectivity index (χ1) is 16.1. The van der Waals surface area contributed by atoms with E-state index in [9.17, 15) is 4.79 Å². The molecule has 5 rings (SSSR count). The second-order valence-corrected chi connectivity index (χ2v) is 9.11. The fraction of sp³-hybridized carbons (Fsp3) is 0.115. The number of hydrogen-bond acceptors (Lipinski definition) is 5. The number of rotatable bonds is 6. The highest BCUT2D eigenvalue weighted by molar-refractivity contribution is 7.22. The number of pyridine rings is 1. The third-order valence-corrected chi connectivity index (χ3v) is 6.54. The lowest BCUT2D eigenvalue weighted by atomic mass is 10.1. The number of carbonyl (C=O) groups excluding carboxylic acids is 1. The van der Waals surface area contributed by atoms with Gasteiger partial charge in [0.15, 0.2) is 11.7 Å². The van der Waals surface area contributed by atoms with Crippen molar-refractivity contribution in [1.29, 1.82) is 0 Å². The van der Waals surface area contributed by atoms with E-state index in [1.807, 2.05) is 79.7 Å². The Morgan fingerprint density at radius 2 is 1.85 bits per heavy atom. The van der Waals surface area contributed by atoms with Crippen LogP contribution in [0.15, 0.2) is 79.0 Å². The van der Waals surface area contributed by atoms with Crippen molar-refractivity contribution < 1.29 is 9.53 Å². The van der Waals surface area contributed by atoms with Crippen LogP contribution in [-0.4, -0.2) is 22.5 Å². The molecule has 2 heterocycles. The van der Waals surface area contributed by atoms with Crippen LogP contribution < -0.4 is 9.64 Å². The Kier molecular flexibility index (Phi) is 5.94. The van der Waals surface area contributed by atoms with Gasteiger partial charge in [-0.2, -0.15) is 0 Å². The summed E-state index contributed by atoms with van der Waals surface area (Å²) in [6.07, 6.45) is 1.71. The lowest BCUT2D eigenvalue weighted by Crippen LogP contribution is -2.34. The van der Waals surface area contributed by atoms with Crippen LogP contribution in [0.3, 0.4) is 0 Å². The Hall–Kier alpha value is -3.48. The molecule has 164 valence electrons. The van der Waals surface area contributed by atoms with Crippen molar-refractivity contribution in [3.63, 3.8) is 0 Å². The zero-order chi connectivity index (χ0) is 22.8. The Morgan fingerprint density at radius 1 is 1.03 bits per heavy atom. The van der Waals surface area contributed by atoms with Crippen LogP contribution in [0.1, 0.15) is 11.3 Å². The fourth-order valence-electron chi connectivity index (χ4n) is 3.65. The minimum atomic E-state index is -0.198. The van der Waals surface area contributed by atoms with Crippen molar-refractivity contribution in [2.75, 3.05) is 11.5 Å². The molecule has 0 fully saturated rings. The zero-order valence-corrected chi connectivity index (χ0v) is 19.4. The first-order valence-electron chi connectivity index (χ1n) is 10.5. The van der Waals surface area contributed by atoms with Crippen molar-refractivity contribution in [3.05, 3.63) is 95.3 Å². The van der Waals surface area contributed by atoms with Gasteiger partial charge in [0.2, 0.25) is 0 Å². The molecule has 7 heteroatoms. The number of ether oxygens (including phenoxy) is 1.